The number of carbonyl (C=O) groups excluding carboxylic acids is 1. The highest BCUT2D eigenvalue weighted by atomic mass is 35.5. The Morgan fingerprint density at radius 2 is 1.82 bits per heavy atom. The lowest BCUT2D eigenvalue weighted by Gasteiger charge is -2.25. The Labute approximate surface area is 203 Å². The number of benzene rings is 2. The molecule has 0 fully saturated rings. The van der Waals surface area contributed by atoms with E-state index in [9.17, 15) is 14.4 Å². The maximum Gasteiger partial charge on any atom is 0.337 e. The second-order valence-corrected chi connectivity index (χ2v) is 9.95. The maximum atomic E-state index is 13.7. The highest BCUT2D eigenvalue weighted by molar-refractivity contribution is 7.18. The summed E-state index contributed by atoms with van der Waals surface area (Å²) in [4.78, 5) is 42.6. The van der Waals surface area contributed by atoms with Crippen molar-refractivity contribution in [3.8, 4) is 5.69 Å². The number of halogens is 2. The van der Waals surface area contributed by atoms with Crippen molar-refractivity contribution < 1.29 is 4.79 Å². The van der Waals surface area contributed by atoms with E-state index in [0.29, 0.717) is 45.5 Å². The minimum absolute atomic E-state index is 0.00648. The molecular formula is C24H19Cl2N3O3S. The van der Waals surface area contributed by atoms with E-state index in [2.05, 4.69) is 0 Å². The Hall–Kier alpha value is -2.87. The fourth-order valence-corrected chi connectivity index (χ4v) is 5.89. The van der Waals surface area contributed by atoms with Gasteiger partial charge in [-0.3, -0.25) is 14.2 Å². The second kappa shape index (κ2) is 8.48. The van der Waals surface area contributed by atoms with Crippen LogP contribution in [0.5, 0.6) is 0 Å². The summed E-state index contributed by atoms with van der Waals surface area (Å²) in [6.07, 6.45) is 0.568. The lowest BCUT2D eigenvalue weighted by Crippen LogP contribution is -2.39. The highest BCUT2D eigenvalue weighted by Crippen LogP contribution is 2.33. The number of fused-ring (bicyclic) bond motifs is 3. The molecule has 0 N–H and O–H groups in total. The Morgan fingerprint density at radius 3 is 2.52 bits per heavy atom. The molecule has 1 aliphatic heterocycles. The van der Waals surface area contributed by atoms with Crippen LogP contribution >= 0.6 is 34.5 Å². The number of thiophene rings is 1. The molecule has 2 aromatic carbocycles. The van der Waals surface area contributed by atoms with E-state index in [1.807, 2.05) is 12.1 Å². The molecular weight excluding hydrogens is 481 g/mol. The van der Waals surface area contributed by atoms with Crippen LogP contribution < -0.4 is 11.2 Å². The van der Waals surface area contributed by atoms with E-state index in [4.69, 9.17) is 23.2 Å². The van der Waals surface area contributed by atoms with Gasteiger partial charge in [-0.05, 0) is 47.9 Å². The van der Waals surface area contributed by atoms with Gasteiger partial charge < -0.3 is 4.90 Å². The van der Waals surface area contributed by atoms with Gasteiger partial charge in [0.15, 0.2) is 0 Å². The highest BCUT2D eigenvalue weighted by Gasteiger charge is 2.27. The Kier molecular flexibility index (Phi) is 5.64. The first-order valence-electron chi connectivity index (χ1n) is 10.4. The van der Waals surface area contributed by atoms with E-state index in [-0.39, 0.29) is 18.0 Å². The number of amides is 1. The van der Waals surface area contributed by atoms with Crippen molar-refractivity contribution in [2.24, 2.45) is 0 Å². The van der Waals surface area contributed by atoms with Crippen molar-refractivity contribution in [1.82, 2.24) is 14.0 Å². The number of hydrogen-bond acceptors (Lipinski definition) is 4. The predicted octanol–water partition coefficient (Wildman–Crippen LogP) is 4.47. The quantitative estimate of drug-likeness (QED) is 0.417. The number of rotatable bonds is 3. The molecule has 1 amide bonds. The van der Waals surface area contributed by atoms with Gasteiger partial charge in [-0.1, -0.05) is 41.4 Å². The summed E-state index contributed by atoms with van der Waals surface area (Å²) in [6.45, 7) is 2.81. The largest absolute Gasteiger partial charge is 0.337 e. The molecule has 2 aromatic heterocycles. The van der Waals surface area contributed by atoms with Gasteiger partial charge in [-0.25, -0.2) is 9.36 Å². The number of nitrogens with zero attached hydrogens (tertiary/aromatic N) is 3. The molecule has 3 heterocycles. The average Bonchev–Trinajstić information content (AvgIpc) is 3.17. The SMILES string of the molecule is CC(=O)N1CCc2c(sc3c2c(=O)n(-c2cccc(Cl)c2)c(=O)n3Cc2ccc(Cl)cc2)C1. The average molecular weight is 500 g/mol. The number of carbonyl (C=O) groups is 1. The van der Waals surface area contributed by atoms with Crippen LogP contribution in [-0.2, 0) is 24.3 Å². The van der Waals surface area contributed by atoms with Crippen molar-refractivity contribution in [3.05, 3.63) is 95.4 Å². The third-order valence-corrected chi connectivity index (χ3v) is 7.62. The first-order valence-corrected chi connectivity index (χ1v) is 12.0. The van der Waals surface area contributed by atoms with Gasteiger partial charge in [-0.15, -0.1) is 11.3 Å². The fourth-order valence-electron chi connectivity index (χ4n) is 4.23. The smallest absolute Gasteiger partial charge is 0.337 e. The Bertz CT molecular complexity index is 1520. The van der Waals surface area contributed by atoms with Crippen LogP contribution in [-0.4, -0.2) is 26.5 Å². The molecule has 5 rings (SSSR count). The zero-order valence-electron chi connectivity index (χ0n) is 17.7. The molecule has 0 radical (unpaired) electrons. The van der Waals surface area contributed by atoms with Crippen LogP contribution in [0.15, 0.2) is 58.1 Å². The molecule has 4 aromatic rings. The summed E-state index contributed by atoms with van der Waals surface area (Å²) in [6, 6.07) is 14.0. The topological polar surface area (TPSA) is 64.3 Å². The summed E-state index contributed by atoms with van der Waals surface area (Å²) in [5, 5.41) is 1.58. The van der Waals surface area contributed by atoms with Crippen LogP contribution in [0.2, 0.25) is 10.0 Å². The Morgan fingerprint density at radius 1 is 1.06 bits per heavy atom. The number of aromatic nitrogens is 2. The van der Waals surface area contributed by atoms with E-state index in [1.54, 1.807) is 52.8 Å². The van der Waals surface area contributed by atoms with Crippen LogP contribution in [0.3, 0.4) is 0 Å². The summed E-state index contributed by atoms with van der Waals surface area (Å²) in [5.41, 5.74) is 1.42. The first kappa shape index (κ1) is 21.9. The van der Waals surface area contributed by atoms with Gasteiger partial charge >= 0.3 is 5.69 Å². The number of hydrogen-bond donors (Lipinski definition) is 0. The molecule has 9 heteroatoms. The minimum atomic E-state index is -0.438. The predicted molar refractivity (Wildman–Crippen MR) is 132 cm³/mol. The molecule has 0 bridgehead atoms. The van der Waals surface area contributed by atoms with Crippen molar-refractivity contribution in [2.45, 2.75) is 26.4 Å². The molecule has 0 saturated heterocycles. The van der Waals surface area contributed by atoms with E-state index < -0.39 is 5.69 Å². The molecule has 1 aliphatic rings. The lowest BCUT2D eigenvalue weighted by molar-refractivity contribution is -0.129. The molecule has 33 heavy (non-hydrogen) atoms. The van der Waals surface area contributed by atoms with Crippen molar-refractivity contribution in [2.75, 3.05) is 6.54 Å². The second-order valence-electron chi connectivity index (χ2n) is 7.99. The zero-order chi connectivity index (χ0) is 23.3. The van der Waals surface area contributed by atoms with Crippen LogP contribution in [0.1, 0.15) is 22.9 Å². The molecule has 0 unspecified atom stereocenters. The fraction of sp³-hybridized carbons (Fsp3) is 0.208. The van der Waals surface area contributed by atoms with E-state index in [0.717, 1.165) is 16.0 Å². The molecule has 0 spiro atoms. The molecule has 168 valence electrons. The normalized spacial score (nSPS) is 13.4. The summed E-state index contributed by atoms with van der Waals surface area (Å²) < 4.78 is 2.82. The third kappa shape index (κ3) is 3.90. The van der Waals surface area contributed by atoms with E-state index >= 15 is 0 Å². The first-order chi connectivity index (χ1) is 15.8. The summed E-state index contributed by atoms with van der Waals surface area (Å²) >= 11 is 13.6. The van der Waals surface area contributed by atoms with Crippen molar-refractivity contribution in [1.29, 1.82) is 0 Å². The molecule has 0 aliphatic carbocycles. The van der Waals surface area contributed by atoms with E-state index in [1.165, 1.54) is 15.9 Å². The zero-order valence-corrected chi connectivity index (χ0v) is 20.0. The van der Waals surface area contributed by atoms with Crippen molar-refractivity contribution in [3.63, 3.8) is 0 Å². The van der Waals surface area contributed by atoms with Crippen LogP contribution in [0, 0.1) is 0 Å². The van der Waals surface area contributed by atoms with Crippen LogP contribution in [0.4, 0.5) is 0 Å². The Balaban J connectivity index is 1.79. The third-order valence-electron chi connectivity index (χ3n) is 5.89. The van der Waals surface area contributed by atoms with Crippen molar-refractivity contribution >= 4 is 50.7 Å². The summed E-state index contributed by atoms with van der Waals surface area (Å²) in [5.74, 6) is -0.00648. The summed E-state index contributed by atoms with van der Waals surface area (Å²) in [7, 11) is 0. The van der Waals surface area contributed by atoms with Gasteiger partial charge in [0.25, 0.3) is 5.56 Å². The standard InChI is InChI=1S/C24H19Cl2N3O3S/c1-14(30)27-10-9-19-20(13-27)33-23-21(19)22(31)29(18-4-2-3-17(26)11-18)24(32)28(23)12-15-5-7-16(25)8-6-15/h2-8,11H,9-10,12-13H2,1H3. The van der Waals surface area contributed by atoms with Gasteiger partial charge in [0.1, 0.15) is 4.83 Å². The molecule has 0 saturated carbocycles. The molecule has 0 atom stereocenters. The minimum Gasteiger partial charge on any atom is -0.337 e. The molecule has 6 nitrogen and oxygen atoms in total. The van der Waals surface area contributed by atoms with Gasteiger partial charge in [-0.2, -0.15) is 0 Å². The van der Waals surface area contributed by atoms with Gasteiger partial charge in [0.05, 0.1) is 24.2 Å². The van der Waals surface area contributed by atoms with Crippen LogP contribution in [0.25, 0.3) is 15.9 Å². The lowest BCUT2D eigenvalue weighted by atomic mass is 10.1. The monoisotopic (exact) mass is 499 g/mol. The van der Waals surface area contributed by atoms with Gasteiger partial charge in [0, 0.05) is 28.4 Å². The maximum absolute atomic E-state index is 13.7. The van der Waals surface area contributed by atoms with Gasteiger partial charge in [0.2, 0.25) is 5.91 Å².